The normalized spacial score (nSPS) is 13.7. The second-order valence-electron chi connectivity index (χ2n) is 9.21. The molecule has 0 aliphatic carbocycles. The summed E-state index contributed by atoms with van der Waals surface area (Å²) in [6, 6.07) is 14.9. The van der Waals surface area contributed by atoms with Crippen molar-refractivity contribution in [3.63, 3.8) is 0 Å². The fourth-order valence-corrected chi connectivity index (χ4v) is 4.05. The number of aromatic nitrogens is 2. The monoisotopic (exact) mass is 533 g/mol. The van der Waals surface area contributed by atoms with E-state index in [1.807, 2.05) is 51.1 Å². The molecule has 3 aromatic rings. The van der Waals surface area contributed by atoms with Gasteiger partial charge in [0.05, 0.1) is 36.1 Å². The van der Waals surface area contributed by atoms with Crippen molar-refractivity contribution in [2.75, 3.05) is 0 Å². The van der Waals surface area contributed by atoms with Crippen molar-refractivity contribution in [1.82, 2.24) is 15.1 Å². The van der Waals surface area contributed by atoms with Crippen molar-refractivity contribution < 1.29 is 60.3 Å². The maximum atomic E-state index is 13.6. The van der Waals surface area contributed by atoms with E-state index in [9.17, 15) is 24.2 Å². The predicted molar refractivity (Wildman–Crippen MR) is 139 cm³/mol. The van der Waals surface area contributed by atoms with Crippen molar-refractivity contribution in [3.8, 4) is 5.69 Å². The summed E-state index contributed by atoms with van der Waals surface area (Å²) in [5.74, 6) is -2.11. The van der Waals surface area contributed by atoms with Gasteiger partial charge in [0.15, 0.2) is 5.69 Å². The molecule has 0 radical (unpaired) electrons. The van der Waals surface area contributed by atoms with E-state index in [-0.39, 0.29) is 61.0 Å². The third-order valence-electron chi connectivity index (χ3n) is 5.87. The Kier molecular flexibility index (Phi) is 11.9. The first-order valence-corrected chi connectivity index (χ1v) is 12.1. The summed E-state index contributed by atoms with van der Waals surface area (Å²) in [7, 11) is 0. The van der Waals surface area contributed by atoms with Gasteiger partial charge in [0.2, 0.25) is 0 Å². The van der Waals surface area contributed by atoms with Gasteiger partial charge in [0, 0.05) is 12.0 Å². The third kappa shape index (κ3) is 8.34. The van der Waals surface area contributed by atoms with E-state index in [0.717, 1.165) is 5.56 Å². The molecule has 0 fully saturated rings. The molecule has 0 aliphatic rings. The SMILES string of the molecule is CC(C)c1c(C(=O)N[C@@H](C)c2ccccc2)nn(-c2ccc(F)cc2)c1C=C[C@H](O)C[C@@H](O)CC(=O)O.[H-].[Na+]. The second-order valence-corrected chi connectivity index (χ2v) is 9.21. The maximum Gasteiger partial charge on any atom is 1.00 e. The van der Waals surface area contributed by atoms with Gasteiger partial charge in [0.25, 0.3) is 5.91 Å². The van der Waals surface area contributed by atoms with Crippen LogP contribution in [-0.2, 0) is 4.79 Å². The molecule has 0 unspecified atom stereocenters. The molecule has 3 rings (SSSR count). The minimum atomic E-state index is -1.22. The van der Waals surface area contributed by atoms with E-state index >= 15 is 0 Å². The Bertz CT molecular complexity index is 1250. The Labute approximate surface area is 245 Å². The molecule has 4 N–H and O–H groups in total. The van der Waals surface area contributed by atoms with Gasteiger partial charge >= 0.3 is 35.5 Å². The van der Waals surface area contributed by atoms with E-state index in [4.69, 9.17) is 5.11 Å². The predicted octanol–water partition coefficient (Wildman–Crippen LogP) is 1.34. The van der Waals surface area contributed by atoms with Crippen LogP contribution in [-0.4, -0.2) is 49.2 Å². The zero-order chi connectivity index (χ0) is 27.1. The molecule has 0 spiro atoms. The van der Waals surface area contributed by atoms with Crippen LogP contribution < -0.4 is 34.9 Å². The largest absolute Gasteiger partial charge is 1.00 e. The quantitative estimate of drug-likeness (QED) is 0.276. The molecule has 0 aliphatic heterocycles. The van der Waals surface area contributed by atoms with Crippen molar-refractivity contribution in [2.24, 2.45) is 0 Å². The molecule has 8 nitrogen and oxygen atoms in total. The number of hydrogen-bond donors (Lipinski definition) is 4. The van der Waals surface area contributed by atoms with Crippen molar-refractivity contribution in [2.45, 2.75) is 57.8 Å². The van der Waals surface area contributed by atoms with Gasteiger partial charge in [-0.25, -0.2) is 9.07 Å². The Balaban J connectivity index is 0.00000380. The number of halogens is 1. The van der Waals surface area contributed by atoms with Crippen molar-refractivity contribution in [1.29, 1.82) is 0 Å². The number of aliphatic hydroxyl groups excluding tert-OH is 2. The minimum Gasteiger partial charge on any atom is -1.00 e. The maximum absolute atomic E-state index is 13.6. The number of nitrogens with zero attached hydrogens (tertiary/aromatic N) is 2. The summed E-state index contributed by atoms with van der Waals surface area (Å²) in [5, 5.41) is 36.6. The van der Waals surface area contributed by atoms with Crippen molar-refractivity contribution >= 4 is 18.0 Å². The fourth-order valence-electron chi connectivity index (χ4n) is 4.05. The average Bonchev–Trinajstić information content (AvgIpc) is 3.23. The molecular formula is C28H33FN3NaO5. The van der Waals surface area contributed by atoms with Crippen molar-refractivity contribution in [3.05, 3.63) is 89.0 Å². The number of carbonyl (C=O) groups excluding carboxylic acids is 1. The average molecular weight is 534 g/mol. The summed E-state index contributed by atoms with van der Waals surface area (Å²) < 4.78 is 15.1. The number of nitrogens with one attached hydrogen (secondary N) is 1. The summed E-state index contributed by atoms with van der Waals surface area (Å²) in [4.78, 5) is 24.2. The molecule has 0 bridgehead atoms. The molecule has 0 saturated heterocycles. The van der Waals surface area contributed by atoms with Gasteiger partial charge in [-0.15, -0.1) is 0 Å². The van der Waals surface area contributed by atoms with Gasteiger partial charge in [-0.05, 0) is 48.7 Å². The Morgan fingerprint density at radius 3 is 2.29 bits per heavy atom. The molecule has 1 amide bonds. The van der Waals surface area contributed by atoms with Gasteiger partial charge in [0.1, 0.15) is 5.82 Å². The zero-order valence-electron chi connectivity index (χ0n) is 23.0. The molecule has 1 heterocycles. The molecule has 10 heteroatoms. The Morgan fingerprint density at radius 2 is 1.71 bits per heavy atom. The number of aliphatic hydroxyl groups is 2. The van der Waals surface area contributed by atoms with Crippen LogP contribution in [0.1, 0.15) is 74.3 Å². The van der Waals surface area contributed by atoms with Gasteiger partial charge in [-0.1, -0.05) is 50.3 Å². The third-order valence-corrected chi connectivity index (χ3v) is 5.87. The van der Waals surface area contributed by atoms with E-state index in [0.29, 0.717) is 16.9 Å². The van der Waals surface area contributed by atoms with Gasteiger partial charge < -0.3 is 22.1 Å². The number of aliphatic carboxylic acids is 1. The van der Waals surface area contributed by atoms with Crippen LogP contribution in [0.3, 0.4) is 0 Å². The Morgan fingerprint density at radius 1 is 1.08 bits per heavy atom. The summed E-state index contributed by atoms with van der Waals surface area (Å²) in [6.07, 6.45) is -0.0129. The zero-order valence-corrected chi connectivity index (χ0v) is 24.0. The number of amides is 1. The summed E-state index contributed by atoms with van der Waals surface area (Å²) >= 11 is 0. The molecule has 198 valence electrons. The van der Waals surface area contributed by atoms with E-state index < -0.39 is 30.4 Å². The molecular weight excluding hydrogens is 500 g/mol. The number of benzene rings is 2. The smallest absolute Gasteiger partial charge is 1.00 e. The van der Waals surface area contributed by atoms with Crippen LogP contribution in [0.2, 0.25) is 0 Å². The summed E-state index contributed by atoms with van der Waals surface area (Å²) in [6.45, 7) is 5.69. The van der Waals surface area contributed by atoms with Crippen LogP contribution >= 0.6 is 0 Å². The van der Waals surface area contributed by atoms with Gasteiger partial charge in [-0.2, -0.15) is 5.10 Å². The van der Waals surface area contributed by atoms with Crippen LogP contribution in [0, 0.1) is 5.82 Å². The number of hydrogen-bond acceptors (Lipinski definition) is 5. The standard InChI is InChI=1S/C28H32FN3O5.Na.H/c1-17(2)26-24(14-13-22(33)15-23(34)16-25(35)36)32(21-11-9-20(29)10-12-21)31-27(26)28(37)30-18(3)19-7-5-4-6-8-19;;/h4-14,17-18,22-23,33-34H,15-16H2,1-3H3,(H,30,37)(H,35,36);;/q;+1;-1/t18-,22-,23+;;/m0../s1. The second kappa shape index (κ2) is 14.4. The topological polar surface area (TPSA) is 125 Å². The first kappa shape index (κ1) is 31.4. The molecule has 3 atom stereocenters. The van der Waals surface area contributed by atoms with E-state index in [2.05, 4.69) is 10.4 Å². The molecule has 1 aromatic heterocycles. The fraction of sp³-hybridized carbons (Fsp3) is 0.321. The van der Waals surface area contributed by atoms with E-state index in [1.54, 1.807) is 6.08 Å². The first-order chi connectivity index (χ1) is 17.6. The van der Waals surface area contributed by atoms with Crippen LogP contribution in [0.5, 0.6) is 0 Å². The van der Waals surface area contributed by atoms with E-state index in [1.165, 1.54) is 35.0 Å². The molecule has 2 aromatic carbocycles. The number of carboxylic acid groups (broad SMARTS) is 1. The molecule has 38 heavy (non-hydrogen) atoms. The number of carbonyl (C=O) groups is 2. The van der Waals surface area contributed by atoms with Gasteiger partial charge in [-0.3, -0.25) is 9.59 Å². The van der Waals surface area contributed by atoms with Crippen LogP contribution in [0.15, 0.2) is 60.7 Å². The number of carboxylic acids is 1. The minimum absolute atomic E-state index is 0. The first-order valence-electron chi connectivity index (χ1n) is 12.1. The number of rotatable bonds is 11. The Hall–Kier alpha value is -2.82. The summed E-state index contributed by atoms with van der Waals surface area (Å²) in [5.41, 5.74) is 2.77. The molecule has 0 saturated carbocycles. The van der Waals surface area contributed by atoms with Crippen LogP contribution in [0.25, 0.3) is 11.8 Å². The van der Waals surface area contributed by atoms with Crippen LogP contribution in [0.4, 0.5) is 4.39 Å².